The van der Waals surface area contributed by atoms with Crippen LogP contribution < -0.4 is 5.73 Å². The molecule has 4 nitrogen and oxygen atoms in total. The first-order valence-corrected chi connectivity index (χ1v) is 8.16. The Bertz CT molecular complexity index is 330. The van der Waals surface area contributed by atoms with Crippen molar-refractivity contribution in [2.45, 2.75) is 69.9 Å². The van der Waals surface area contributed by atoms with Gasteiger partial charge >= 0.3 is 5.97 Å². The van der Waals surface area contributed by atoms with Crippen LogP contribution in [0.4, 0.5) is 0 Å². The van der Waals surface area contributed by atoms with Crippen molar-refractivity contribution in [3.05, 3.63) is 0 Å². The first kappa shape index (κ1) is 15.8. The molecular weight excluding hydrogens is 252 g/mol. The highest BCUT2D eigenvalue weighted by atomic mass is 16.5. The van der Waals surface area contributed by atoms with Crippen molar-refractivity contribution < 1.29 is 9.53 Å². The zero-order chi connectivity index (χ0) is 14.6. The van der Waals surface area contributed by atoms with Crippen molar-refractivity contribution in [3.63, 3.8) is 0 Å². The Kier molecular flexibility index (Phi) is 5.44. The van der Waals surface area contributed by atoms with Crippen LogP contribution in [0.1, 0.15) is 58.3 Å². The predicted octanol–water partition coefficient (Wildman–Crippen LogP) is 2.31. The summed E-state index contributed by atoms with van der Waals surface area (Å²) in [5.74, 6) is 0.657. The third-order valence-electron chi connectivity index (χ3n) is 5.17. The molecule has 2 N–H and O–H groups in total. The van der Waals surface area contributed by atoms with Crippen LogP contribution in [0.5, 0.6) is 0 Å². The Morgan fingerprint density at radius 1 is 1.30 bits per heavy atom. The van der Waals surface area contributed by atoms with E-state index in [2.05, 4.69) is 4.90 Å². The molecule has 1 aliphatic carbocycles. The summed E-state index contributed by atoms with van der Waals surface area (Å²) in [5.41, 5.74) is 5.16. The molecule has 0 aromatic rings. The number of unbranched alkanes of at least 4 members (excludes halogenated alkanes) is 1. The van der Waals surface area contributed by atoms with Gasteiger partial charge in [-0.1, -0.05) is 12.8 Å². The van der Waals surface area contributed by atoms with Crippen molar-refractivity contribution in [1.29, 1.82) is 0 Å². The highest BCUT2D eigenvalue weighted by Gasteiger charge is 2.35. The van der Waals surface area contributed by atoms with Crippen molar-refractivity contribution in [3.8, 4) is 0 Å². The third kappa shape index (κ3) is 3.73. The second kappa shape index (κ2) is 6.90. The maximum atomic E-state index is 11.5. The average Bonchev–Trinajstić information content (AvgIpc) is 2.86. The average molecular weight is 282 g/mol. The second-order valence-corrected chi connectivity index (χ2v) is 6.80. The molecule has 1 heterocycles. The summed E-state index contributed by atoms with van der Waals surface area (Å²) < 4.78 is 4.74. The summed E-state index contributed by atoms with van der Waals surface area (Å²) in [6, 6.07) is 0.841. The molecule has 2 rings (SSSR count). The number of nitrogens with two attached hydrogens (primary N) is 1. The minimum atomic E-state index is -0.826. The lowest BCUT2D eigenvalue weighted by Gasteiger charge is -2.32. The van der Waals surface area contributed by atoms with Crippen LogP contribution in [-0.2, 0) is 9.53 Å². The van der Waals surface area contributed by atoms with Gasteiger partial charge in [0, 0.05) is 6.04 Å². The van der Waals surface area contributed by atoms with Crippen LogP contribution in [0.3, 0.4) is 0 Å². The molecule has 1 saturated carbocycles. The topological polar surface area (TPSA) is 55.6 Å². The van der Waals surface area contributed by atoms with Crippen LogP contribution in [0.25, 0.3) is 0 Å². The zero-order valence-corrected chi connectivity index (χ0v) is 13.1. The molecule has 0 amide bonds. The summed E-state index contributed by atoms with van der Waals surface area (Å²) >= 11 is 0. The van der Waals surface area contributed by atoms with Gasteiger partial charge in [0.15, 0.2) is 0 Å². The predicted molar refractivity (Wildman–Crippen MR) is 80.4 cm³/mol. The third-order valence-corrected chi connectivity index (χ3v) is 5.17. The minimum Gasteiger partial charge on any atom is -0.468 e. The number of carbonyl (C=O) groups is 1. The van der Waals surface area contributed by atoms with Gasteiger partial charge in [0.25, 0.3) is 0 Å². The quantitative estimate of drug-likeness (QED) is 0.600. The smallest absolute Gasteiger partial charge is 0.325 e. The molecular formula is C16H30N2O2. The van der Waals surface area contributed by atoms with E-state index in [0.29, 0.717) is 6.42 Å². The summed E-state index contributed by atoms with van der Waals surface area (Å²) in [4.78, 5) is 14.2. The fourth-order valence-corrected chi connectivity index (χ4v) is 3.92. The Morgan fingerprint density at radius 3 is 2.80 bits per heavy atom. The fraction of sp³-hybridized carbons (Fsp3) is 0.938. The SMILES string of the molecule is COC(=O)C(C)(N)CCCCN1CCC2CCCCC21. The van der Waals surface area contributed by atoms with E-state index in [-0.39, 0.29) is 5.97 Å². The number of hydrogen-bond acceptors (Lipinski definition) is 4. The number of nitrogens with zero attached hydrogens (tertiary/aromatic N) is 1. The molecule has 1 aliphatic heterocycles. The van der Waals surface area contributed by atoms with Crippen molar-refractivity contribution in [1.82, 2.24) is 4.90 Å². The number of likely N-dealkylation sites (tertiary alicyclic amines) is 1. The lowest BCUT2D eigenvalue weighted by molar-refractivity contribution is -0.146. The van der Waals surface area contributed by atoms with Crippen LogP contribution in [-0.4, -0.2) is 42.6 Å². The fourth-order valence-electron chi connectivity index (χ4n) is 3.92. The zero-order valence-electron chi connectivity index (χ0n) is 13.1. The van der Waals surface area contributed by atoms with Crippen LogP contribution in [0, 0.1) is 5.92 Å². The highest BCUT2D eigenvalue weighted by Crippen LogP contribution is 2.36. The van der Waals surface area contributed by atoms with E-state index in [1.54, 1.807) is 6.92 Å². The summed E-state index contributed by atoms with van der Waals surface area (Å²) in [6.07, 6.45) is 9.89. The summed E-state index contributed by atoms with van der Waals surface area (Å²) in [5, 5.41) is 0. The highest BCUT2D eigenvalue weighted by molar-refractivity contribution is 5.79. The van der Waals surface area contributed by atoms with E-state index >= 15 is 0 Å². The summed E-state index contributed by atoms with van der Waals surface area (Å²) in [7, 11) is 1.40. The molecule has 3 unspecified atom stereocenters. The molecule has 0 bridgehead atoms. The first-order chi connectivity index (χ1) is 9.54. The van der Waals surface area contributed by atoms with Gasteiger partial charge in [-0.25, -0.2) is 0 Å². The van der Waals surface area contributed by atoms with Crippen LogP contribution >= 0.6 is 0 Å². The molecule has 2 aliphatic rings. The van der Waals surface area contributed by atoms with Gasteiger partial charge in [-0.15, -0.1) is 0 Å². The van der Waals surface area contributed by atoms with E-state index in [0.717, 1.165) is 24.8 Å². The van der Waals surface area contributed by atoms with Gasteiger partial charge in [0.1, 0.15) is 5.54 Å². The van der Waals surface area contributed by atoms with Gasteiger partial charge in [-0.3, -0.25) is 4.79 Å². The van der Waals surface area contributed by atoms with Crippen molar-refractivity contribution in [2.24, 2.45) is 11.7 Å². The lowest BCUT2D eigenvalue weighted by atomic mass is 9.85. The molecule has 2 fully saturated rings. The van der Waals surface area contributed by atoms with E-state index in [9.17, 15) is 4.79 Å². The molecule has 4 heteroatoms. The van der Waals surface area contributed by atoms with Gasteiger partial charge in [0.05, 0.1) is 7.11 Å². The molecule has 1 saturated heterocycles. The molecule has 0 radical (unpaired) electrons. The van der Waals surface area contributed by atoms with E-state index < -0.39 is 5.54 Å². The van der Waals surface area contributed by atoms with Crippen LogP contribution in [0.2, 0.25) is 0 Å². The molecule has 20 heavy (non-hydrogen) atoms. The number of carbonyl (C=O) groups excluding carboxylic acids is 1. The van der Waals surface area contributed by atoms with E-state index in [4.69, 9.17) is 10.5 Å². The molecule has 116 valence electrons. The van der Waals surface area contributed by atoms with E-state index in [1.807, 2.05) is 0 Å². The number of ether oxygens (including phenoxy) is 1. The van der Waals surface area contributed by atoms with Crippen LogP contribution in [0.15, 0.2) is 0 Å². The number of hydrogen-bond donors (Lipinski definition) is 1. The maximum Gasteiger partial charge on any atom is 0.325 e. The second-order valence-electron chi connectivity index (χ2n) is 6.80. The summed E-state index contributed by atoms with van der Waals surface area (Å²) in [6.45, 7) is 4.20. The number of methoxy groups -OCH3 is 1. The largest absolute Gasteiger partial charge is 0.468 e. The first-order valence-electron chi connectivity index (χ1n) is 8.16. The Hall–Kier alpha value is -0.610. The minimum absolute atomic E-state index is 0.300. The van der Waals surface area contributed by atoms with Gasteiger partial charge in [0.2, 0.25) is 0 Å². The van der Waals surface area contributed by atoms with Gasteiger partial charge in [-0.05, 0) is 64.5 Å². The number of fused-ring (bicyclic) bond motifs is 1. The van der Waals surface area contributed by atoms with Crippen molar-refractivity contribution in [2.75, 3.05) is 20.2 Å². The number of rotatable bonds is 6. The molecule has 3 atom stereocenters. The normalized spacial score (nSPS) is 29.8. The van der Waals surface area contributed by atoms with E-state index in [1.165, 1.54) is 52.3 Å². The Morgan fingerprint density at radius 2 is 2.05 bits per heavy atom. The Labute approximate surface area is 123 Å². The molecule has 0 spiro atoms. The lowest BCUT2D eigenvalue weighted by Crippen LogP contribution is -2.45. The van der Waals surface area contributed by atoms with Crippen molar-refractivity contribution >= 4 is 5.97 Å². The van der Waals surface area contributed by atoms with Gasteiger partial charge in [-0.2, -0.15) is 0 Å². The molecule has 0 aromatic carbocycles. The number of esters is 1. The standard InChI is InChI=1S/C16H30N2O2/c1-16(17,15(19)20-2)10-5-6-11-18-12-9-13-7-3-4-8-14(13)18/h13-14H,3-12,17H2,1-2H3. The maximum absolute atomic E-state index is 11.5. The monoisotopic (exact) mass is 282 g/mol. The Balaban J connectivity index is 1.67. The van der Waals surface area contributed by atoms with Gasteiger partial charge < -0.3 is 15.4 Å². The molecule has 0 aromatic heterocycles.